The molecule has 1 saturated heterocycles. The Morgan fingerprint density at radius 3 is 2.35 bits per heavy atom. The number of ether oxygens (including phenoxy) is 3. The van der Waals surface area contributed by atoms with Crippen molar-refractivity contribution in [1.82, 2.24) is 0 Å². The second-order valence-corrected chi connectivity index (χ2v) is 14.1. The molecule has 3 N–H and O–H groups in total. The van der Waals surface area contributed by atoms with Gasteiger partial charge in [-0.05, 0) is 90.9 Å². The Bertz CT molecular complexity index is 976. The first-order valence-electron chi connectivity index (χ1n) is 13.6. The van der Waals surface area contributed by atoms with Crippen molar-refractivity contribution in [2.45, 2.75) is 110 Å². The van der Waals surface area contributed by atoms with Crippen LogP contribution in [0.2, 0.25) is 0 Å². The standard InChI is InChI=1S/C27H46O9S/c1-24(2)12-7-13-26(4)19(24)11-14-25(3)18(17(8-9-20(25)26)16-35-37(30,31)32)10-15-27(29)21(28)22(33-5)36-23(27)34-6/h16,18-23,28-29H,7-15H2,1-6H3,(H,30,31,32)/b17-16+/t18-,19-,20-,21-,22+,23-,25+,26-,27-/m0/s1. The van der Waals surface area contributed by atoms with Crippen LogP contribution in [0.15, 0.2) is 11.8 Å². The molecule has 0 aromatic rings. The van der Waals surface area contributed by atoms with Crippen molar-refractivity contribution in [1.29, 1.82) is 0 Å². The Morgan fingerprint density at radius 2 is 1.73 bits per heavy atom. The van der Waals surface area contributed by atoms with Gasteiger partial charge in [-0.25, -0.2) is 0 Å². The predicted octanol–water partition coefficient (Wildman–Crippen LogP) is 4.20. The highest BCUT2D eigenvalue weighted by Crippen LogP contribution is 2.69. The van der Waals surface area contributed by atoms with Crippen LogP contribution in [0, 0.1) is 34.0 Å². The summed E-state index contributed by atoms with van der Waals surface area (Å²) in [6.07, 6.45) is 5.67. The molecule has 0 amide bonds. The highest BCUT2D eigenvalue weighted by atomic mass is 32.3. The van der Waals surface area contributed by atoms with Gasteiger partial charge in [0.25, 0.3) is 0 Å². The number of allylic oxidation sites excluding steroid dienone is 1. The minimum Gasteiger partial charge on any atom is -0.385 e. The van der Waals surface area contributed by atoms with Gasteiger partial charge >= 0.3 is 10.4 Å². The van der Waals surface area contributed by atoms with E-state index < -0.39 is 34.7 Å². The summed E-state index contributed by atoms with van der Waals surface area (Å²) in [6.45, 7) is 9.55. The van der Waals surface area contributed by atoms with Crippen LogP contribution in [-0.4, -0.2) is 61.7 Å². The third kappa shape index (κ3) is 5.00. The van der Waals surface area contributed by atoms with E-state index in [1.54, 1.807) is 0 Å². The first kappa shape index (κ1) is 29.2. The topological polar surface area (TPSA) is 132 Å². The van der Waals surface area contributed by atoms with E-state index in [0.717, 1.165) is 24.8 Å². The van der Waals surface area contributed by atoms with Crippen LogP contribution >= 0.6 is 0 Å². The van der Waals surface area contributed by atoms with E-state index in [1.807, 2.05) is 0 Å². The normalized spacial score (nSPS) is 46.9. The summed E-state index contributed by atoms with van der Waals surface area (Å²) in [5, 5.41) is 22.4. The van der Waals surface area contributed by atoms with Gasteiger partial charge in [-0.2, -0.15) is 8.42 Å². The smallest absolute Gasteiger partial charge is 0.385 e. The van der Waals surface area contributed by atoms with Gasteiger partial charge in [0.2, 0.25) is 0 Å². The molecule has 0 bridgehead atoms. The number of hydrogen-bond donors (Lipinski definition) is 3. The first-order chi connectivity index (χ1) is 17.1. The zero-order valence-corrected chi connectivity index (χ0v) is 23.9. The van der Waals surface area contributed by atoms with Gasteiger partial charge in [0, 0.05) is 14.2 Å². The molecule has 9 atom stereocenters. The third-order valence-corrected chi connectivity index (χ3v) is 11.2. The molecule has 4 fully saturated rings. The van der Waals surface area contributed by atoms with Crippen LogP contribution in [0.1, 0.15) is 85.5 Å². The minimum absolute atomic E-state index is 0.119. The molecule has 4 rings (SSSR count). The maximum Gasteiger partial charge on any atom is 0.445 e. The summed E-state index contributed by atoms with van der Waals surface area (Å²) in [5.41, 5.74) is -0.625. The molecule has 214 valence electrons. The van der Waals surface area contributed by atoms with Gasteiger partial charge in [-0.15, -0.1) is 0 Å². The van der Waals surface area contributed by atoms with Gasteiger partial charge in [0.05, 0.1) is 0 Å². The van der Waals surface area contributed by atoms with Crippen LogP contribution in [0.4, 0.5) is 0 Å². The molecular weight excluding hydrogens is 500 g/mol. The van der Waals surface area contributed by atoms with Crippen LogP contribution in [0.3, 0.4) is 0 Å². The quantitative estimate of drug-likeness (QED) is 0.317. The van der Waals surface area contributed by atoms with E-state index in [2.05, 4.69) is 27.7 Å². The zero-order chi connectivity index (χ0) is 27.4. The van der Waals surface area contributed by atoms with Crippen molar-refractivity contribution >= 4 is 10.4 Å². The molecule has 4 aliphatic rings. The summed E-state index contributed by atoms with van der Waals surface area (Å²) in [4.78, 5) is 0. The van der Waals surface area contributed by atoms with Crippen LogP contribution < -0.4 is 0 Å². The number of rotatable bonds is 7. The lowest BCUT2D eigenvalue weighted by atomic mass is 9.39. The van der Waals surface area contributed by atoms with Crippen LogP contribution in [0.25, 0.3) is 0 Å². The number of fused-ring (bicyclic) bond motifs is 3. The molecule has 37 heavy (non-hydrogen) atoms. The third-order valence-electron chi connectivity index (χ3n) is 10.8. The molecule has 0 radical (unpaired) electrons. The van der Waals surface area contributed by atoms with E-state index in [0.29, 0.717) is 24.7 Å². The summed E-state index contributed by atoms with van der Waals surface area (Å²) in [5.74, 6) is 0.906. The van der Waals surface area contributed by atoms with Gasteiger partial charge in [-0.3, -0.25) is 4.55 Å². The molecule has 9 nitrogen and oxygen atoms in total. The number of hydrogen-bond acceptors (Lipinski definition) is 8. The van der Waals surface area contributed by atoms with E-state index in [1.165, 1.54) is 39.7 Å². The average Bonchev–Trinajstić information content (AvgIpc) is 3.04. The highest BCUT2D eigenvalue weighted by Gasteiger charge is 2.62. The Balaban J connectivity index is 1.68. The summed E-state index contributed by atoms with van der Waals surface area (Å²) in [7, 11) is -1.83. The molecule has 0 unspecified atom stereocenters. The Labute approximate surface area is 221 Å². The fourth-order valence-electron chi connectivity index (χ4n) is 9.22. The van der Waals surface area contributed by atoms with Crippen molar-refractivity contribution in [2.24, 2.45) is 34.0 Å². The Kier molecular flexibility index (Phi) is 7.92. The second kappa shape index (κ2) is 10.0. The van der Waals surface area contributed by atoms with Crippen molar-refractivity contribution < 1.29 is 41.6 Å². The van der Waals surface area contributed by atoms with Crippen molar-refractivity contribution in [3.63, 3.8) is 0 Å². The lowest BCUT2D eigenvalue weighted by molar-refractivity contribution is -0.220. The highest BCUT2D eigenvalue weighted by molar-refractivity contribution is 7.81. The van der Waals surface area contributed by atoms with E-state index in [9.17, 15) is 23.2 Å². The lowest BCUT2D eigenvalue weighted by Crippen LogP contribution is -2.58. The Morgan fingerprint density at radius 1 is 1.03 bits per heavy atom. The monoisotopic (exact) mass is 546 g/mol. The van der Waals surface area contributed by atoms with E-state index in [-0.39, 0.29) is 28.6 Å². The SMILES string of the molecule is CO[C@@H]1O[C@H](OC)[C@](O)(CC[C@H]2/C(=C/OS(=O)(=O)O)CC[C@H]3[C@]2(C)CC[C@H]2C(C)(C)CCC[C@]32C)[C@H]1O. The second-order valence-electron chi connectivity index (χ2n) is 13.1. The first-order valence-corrected chi connectivity index (χ1v) is 14.9. The fraction of sp³-hybridized carbons (Fsp3) is 0.926. The summed E-state index contributed by atoms with van der Waals surface area (Å²) >= 11 is 0. The molecule has 0 spiro atoms. The molecule has 0 aromatic heterocycles. The molecule has 3 saturated carbocycles. The minimum atomic E-state index is -4.64. The fourth-order valence-corrected chi connectivity index (χ4v) is 9.47. The summed E-state index contributed by atoms with van der Waals surface area (Å²) < 4.78 is 53.1. The van der Waals surface area contributed by atoms with Gasteiger partial charge < -0.3 is 28.6 Å². The largest absolute Gasteiger partial charge is 0.445 e. The average molecular weight is 547 g/mol. The number of aliphatic hydroxyl groups excluding tert-OH is 1. The predicted molar refractivity (Wildman–Crippen MR) is 136 cm³/mol. The Hall–Kier alpha value is -0.750. The van der Waals surface area contributed by atoms with E-state index >= 15 is 0 Å². The van der Waals surface area contributed by atoms with Crippen LogP contribution in [-0.2, 0) is 28.8 Å². The number of methoxy groups -OCH3 is 2. The van der Waals surface area contributed by atoms with Crippen molar-refractivity contribution in [3.05, 3.63) is 11.8 Å². The lowest BCUT2D eigenvalue weighted by Gasteiger charge is -2.66. The molecule has 1 heterocycles. The maximum absolute atomic E-state index is 11.5. The van der Waals surface area contributed by atoms with Gasteiger partial charge in [0.15, 0.2) is 12.6 Å². The molecular formula is C27H46O9S. The van der Waals surface area contributed by atoms with E-state index in [4.69, 9.17) is 18.4 Å². The molecule has 1 aliphatic heterocycles. The molecule has 0 aromatic carbocycles. The summed E-state index contributed by atoms with van der Waals surface area (Å²) in [6, 6.07) is 0. The molecule has 3 aliphatic carbocycles. The maximum atomic E-state index is 11.5. The van der Waals surface area contributed by atoms with Gasteiger partial charge in [0.1, 0.15) is 18.0 Å². The molecule has 10 heteroatoms. The van der Waals surface area contributed by atoms with Crippen LogP contribution in [0.5, 0.6) is 0 Å². The number of aliphatic hydroxyl groups is 2. The van der Waals surface area contributed by atoms with Gasteiger partial charge in [-0.1, -0.05) is 34.1 Å². The zero-order valence-electron chi connectivity index (χ0n) is 23.1. The van der Waals surface area contributed by atoms with Crippen molar-refractivity contribution in [2.75, 3.05) is 14.2 Å². The van der Waals surface area contributed by atoms with Crippen molar-refractivity contribution in [3.8, 4) is 0 Å².